The second-order valence-electron chi connectivity index (χ2n) is 3.31. The monoisotopic (exact) mass is 227 g/mol. The Labute approximate surface area is 95.2 Å². The van der Waals surface area contributed by atoms with Gasteiger partial charge in [-0.3, -0.25) is 0 Å². The van der Waals surface area contributed by atoms with Crippen LogP contribution in [-0.4, -0.2) is 12.6 Å². The molecule has 1 aliphatic rings. The van der Waals surface area contributed by atoms with Crippen molar-refractivity contribution in [3.05, 3.63) is 34.9 Å². The van der Waals surface area contributed by atoms with Gasteiger partial charge in [0.2, 0.25) is 0 Å². The van der Waals surface area contributed by atoms with Crippen LogP contribution in [0.25, 0.3) is 0 Å². The lowest BCUT2D eigenvalue weighted by Crippen LogP contribution is -2.05. The van der Waals surface area contributed by atoms with Crippen molar-refractivity contribution in [2.24, 2.45) is 0 Å². The molecule has 0 radical (unpaired) electrons. The fourth-order valence-electron chi connectivity index (χ4n) is 1.64. The summed E-state index contributed by atoms with van der Waals surface area (Å²) >= 11 is 0. The van der Waals surface area contributed by atoms with Gasteiger partial charge in [-0.1, -0.05) is 6.07 Å². The summed E-state index contributed by atoms with van der Waals surface area (Å²) in [6.45, 7) is 3.99. The fourth-order valence-corrected chi connectivity index (χ4v) is 1.64. The number of carbonyl (C=O) groups is 1. The van der Waals surface area contributed by atoms with Gasteiger partial charge in [-0.05, 0) is 30.2 Å². The fraction of sp³-hybridized carbons (Fsp3) is 0.364. The molecule has 0 spiro atoms. The second-order valence-corrected chi connectivity index (χ2v) is 3.31. The summed E-state index contributed by atoms with van der Waals surface area (Å²) in [5, 5.41) is 3.23. The van der Waals surface area contributed by atoms with E-state index in [-0.39, 0.29) is 18.4 Å². The van der Waals surface area contributed by atoms with Crippen molar-refractivity contribution in [3.63, 3.8) is 0 Å². The highest BCUT2D eigenvalue weighted by molar-refractivity contribution is 5.89. The molecule has 0 unspecified atom stereocenters. The molecule has 1 aromatic rings. The predicted molar refractivity (Wildman–Crippen MR) is 60.2 cm³/mol. The second kappa shape index (κ2) is 5.14. The third kappa shape index (κ3) is 2.49. The molecule has 0 aromatic heterocycles. The van der Waals surface area contributed by atoms with Crippen molar-refractivity contribution < 1.29 is 9.53 Å². The smallest absolute Gasteiger partial charge is 0.338 e. The highest BCUT2D eigenvalue weighted by Crippen LogP contribution is 2.17. The zero-order chi connectivity index (χ0) is 9.97. The number of esters is 1. The third-order valence-corrected chi connectivity index (χ3v) is 2.35. The Morgan fingerprint density at radius 2 is 2.13 bits per heavy atom. The minimum absolute atomic E-state index is 0. The molecular formula is C11H14ClNO2. The Morgan fingerprint density at radius 1 is 1.40 bits per heavy atom. The first kappa shape index (κ1) is 12.0. The maximum Gasteiger partial charge on any atom is 0.338 e. The Bertz CT molecular complexity index is 366. The number of rotatable bonds is 2. The molecule has 2 rings (SSSR count). The van der Waals surface area contributed by atoms with Crippen LogP contribution in [0, 0.1) is 0 Å². The van der Waals surface area contributed by atoms with Crippen molar-refractivity contribution in [1.29, 1.82) is 0 Å². The lowest BCUT2D eigenvalue weighted by molar-refractivity contribution is 0.0526. The van der Waals surface area contributed by atoms with E-state index in [1.54, 1.807) is 0 Å². The number of hydrogen-bond donors (Lipinski definition) is 1. The van der Waals surface area contributed by atoms with Crippen LogP contribution in [0.1, 0.15) is 28.4 Å². The Hall–Kier alpha value is -1.06. The largest absolute Gasteiger partial charge is 0.462 e. The predicted octanol–water partition coefficient (Wildman–Crippen LogP) is 1.89. The van der Waals surface area contributed by atoms with E-state index in [9.17, 15) is 4.79 Å². The number of fused-ring (bicyclic) bond motifs is 1. The van der Waals surface area contributed by atoms with Gasteiger partial charge in [0.25, 0.3) is 0 Å². The number of halogens is 1. The maximum atomic E-state index is 11.4. The molecule has 82 valence electrons. The van der Waals surface area contributed by atoms with Crippen molar-refractivity contribution in [1.82, 2.24) is 5.32 Å². The summed E-state index contributed by atoms with van der Waals surface area (Å²) < 4.78 is 4.93. The van der Waals surface area contributed by atoms with Crippen LogP contribution in [0.2, 0.25) is 0 Å². The van der Waals surface area contributed by atoms with Crippen molar-refractivity contribution in [2.75, 3.05) is 6.61 Å². The van der Waals surface area contributed by atoms with Gasteiger partial charge in [-0.15, -0.1) is 12.4 Å². The third-order valence-electron chi connectivity index (χ3n) is 2.35. The highest BCUT2D eigenvalue weighted by Gasteiger charge is 2.13. The molecule has 0 amide bonds. The Morgan fingerprint density at radius 3 is 2.87 bits per heavy atom. The molecule has 0 saturated carbocycles. The van der Waals surface area contributed by atoms with Crippen LogP contribution in [0.3, 0.4) is 0 Å². The minimum atomic E-state index is -0.234. The molecule has 0 bridgehead atoms. The van der Waals surface area contributed by atoms with Gasteiger partial charge in [-0.2, -0.15) is 0 Å². The van der Waals surface area contributed by atoms with Crippen LogP contribution >= 0.6 is 12.4 Å². The number of nitrogens with one attached hydrogen (secondary N) is 1. The topological polar surface area (TPSA) is 38.3 Å². The number of hydrogen-bond acceptors (Lipinski definition) is 3. The molecule has 15 heavy (non-hydrogen) atoms. The number of carbonyl (C=O) groups excluding carboxylic acids is 1. The molecule has 0 fully saturated rings. The molecule has 4 heteroatoms. The first-order chi connectivity index (χ1) is 6.81. The van der Waals surface area contributed by atoms with Crippen molar-refractivity contribution in [3.8, 4) is 0 Å². The average molecular weight is 228 g/mol. The van der Waals surface area contributed by atoms with Gasteiger partial charge in [0, 0.05) is 13.1 Å². The van der Waals surface area contributed by atoms with Gasteiger partial charge in [0.05, 0.1) is 12.2 Å². The molecule has 3 nitrogen and oxygen atoms in total. The first-order valence-electron chi connectivity index (χ1n) is 4.81. The summed E-state index contributed by atoms with van der Waals surface area (Å²) in [7, 11) is 0. The molecule has 1 aromatic carbocycles. The van der Waals surface area contributed by atoms with E-state index in [4.69, 9.17) is 4.74 Å². The van der Waals surface area contributed by atoms with Crippen LogP contribution in [-0.2, 0) is 17.8 Å². The maximum absolute atomic E-state index is 11.4. The number of benzene rings is 1. The standard InChI is InChI=1S/C11H13NO2.ClH/c1-2-14-11(13)8-3-4-9-6-12-7-10(9)5-8;/h3-5,12H,2,6-7H2,1H3;1H. The summed E-state index contributed by atoms with van der Waals surface area (Å²) in [6, 6.07) is 5.72. The summed E-state index contributed by atoms with van der Waals surface area (Å²) in [6.07, 6.45) is 0. The van der Waals surface area contributed by atoms with Gasteiger partial charge >= 0.3 is 5.97 Å². The average Bonchev–Trinajstić information content (AvgIpc) is 2.64. The summed E-state index contributed by atoms with van der Waals surface area (Å²) in [5.41, 5.74) is 3.13. The van der Waals surface area contributed by atoms with Crippen LogP contribution in [0.5, 0.6) is 0 Å². The van der Waals surface area contributed by atoms with Gasteiger partial charge in [-0.25, -0.2) is 4.79 Å². The van der Waals surface area contributed by atoms with Gasteiger partial charge in [0.1, 0.15) is 0 Å². The van der Waals surface area contributed by atoms with E-state index < -0.39 is 0 Å². The lowest BCUT2D eigenvalue weighted by Gasteiger charge is -2.03. The van der Waals surface area contributed by atoms with E-state index in [0.29, 0.717) is 12.2 Å². The van der Waals surface area contributed by atoms with Crippen molar-refractivity contribution >= 4 is 18.4 Å². The molecule has 0 saturated heterocycles. The zero-order valence-electron chi connectivity index (χ0n) is 8.58. The quantitative estimate of drug-likeness (QED) is 0.785. The van der Waals surface area contributed by atoms with E-state index in [1.807, 2.05) is 25.1 Å². The Kier molecular flexibility index (Phi) is 4.12. The lowest BCUT2D eigenvalue weighted by atomic mass is 10.1. The SMILES string of the molecule is CCOC(=O)c1ccc2c(c1)CNC2.Cl. The normalized spacial score (nSPS) is 12.9. The van der Waals surface area contributed by atoms with Crippen molar-refractivity contribution in [2.45, 2.75) is 20.0 Å². The van der Waals surface area contributed by atoms with E-state index >= 15 is 0 Å². The van der Waals surface area contributed by atoms with Crippen LogP contribution in [0.15, 0.2) is 18.2 Å². The minimum Gasteiger partial charge on any atom is -0.462 e. The Balaban J connectivity index is 0.00000112. The first-order valence-corrected chi connectivity index (χ1v) is 4.81. The van der Waals surface area contributed by atoms with Crippen LogP contribution in [0.4, 0.5) is 0 Å². The van der Waals surface area contributed by atoms with E-state index in [0.717, 1.165) is 13.1 Å². The zero-order valence-corrected chi connectivity index (χ0v) is 9.39. The molecule has 1 N–H and O–H groups in total. The van der Waals surface area contributed by atoms with E-state index in [2.05, 4.69) is 5.32 Å². The van der Waals surface area contributed by atoms with Crippen LogP contribution < -0.4 is 5.32 Å². The molecule has 1 heterocycles. The summed E-state index contributed by atoms with van der Waals surface area (Å²) in [4.78, 5) is 11.4. The number of ether oxygens (including phenoxy) is 1. The molecule has 0 aliphatic carbocycles. The van der Waals surface area contributed by atoms with Gasteiger partial charge < -0.3 is 10.1 Å². The summed E-state index contributed by atoms with van der Waals surface area (Å²) in [5.74, 6) is -0.234. The molecule has 1 aliphatic heterocycles. The van der Waals surface area contributed by atoms with Gasteiger partial charge in [0.15, 0.2) is 0 Å². The highest BCUT2D eigenvalue weighted by atomic mass is 35.5. The molecule has 0 atom stereocenters. The molecular weight excluding hydrogens is 214 g/mol. The van der Waals surface area contributed by atoms with E-state index in [1.165, 1.54) is 11.1 Å².